The van der Waals surface area contributed by atoms with Gasteiger partial charge in [-0.25, -0.2) is 4.98 Å². The fourth-order valence-corrected chi connectivity index (χ4v) is 5.26. The number of carbonyl (C=O) groups excluding carboxylic acids is 1. The number of pyridine rings is 1. The highest BCUT2D eigenvalue weighted by atomic mass is 16.5. The number of piperazine rings is 1. The van der Waals surface area contributed by atoms with Crippen LogP contribution < -0.4 is 24.2 Å². The Morgan fingerprint density at radius 1 is 0.872 bits per heavy atom. The van der Waals surface area contributed by atoms with Gasteiger partial charge in [-0.05, 0) is 55.1 Å². The van der Waals surface area contributed by atoms with Gasteiger partial charge in [-0.1, -0.05) is 43.3 Å². The summed E-state index contributed by atoms with van der Waals surface area (Å²) in [5.41, 5.74) is 2.58. The minimum atomic E-state index is -0.0442. The Morgan fingerprint density at radius 3 is 2.23 bits per heavy atom. The Bertz CT molecular complexity index is 1410. The average Bonchev–Trinajstić information content (AvgIpc) is 3.00. The van der Waals surface area contributed by atoms with Gasteiger partial charge in [0.15, 0.2) is 0 Å². The molecule has 0 atom stereocenters. The predicted octanol–water partition coefficient (Wildman–Crippen LogP) is 6.03. The molecule has 1 aliphatic heterocycles. The summed E-state index contributed by atoms with van der Waals surface area (Å²) in [5.74, 6) is 2.57. The highest BCUT2D eigenvalue weighted by Crippen LogP contribution is 2.32. The Kier molecular flexibility index (Phi) is 8.16. The van der Waals surface area contributed by atoms with Gasteiger partial charge in [-0.15, -0.1) is 0 Å². The van der Waals surface area contributed by atoms with E-state index in [1.165, 1.54) is 0 Å². The Hall–Kier alpha value is -4.26. The lowest BCUT2D eigenvalue weighted by atomic mass is 10.0. The van der Waals surface area contributed by atoms with Gasteiger partial charge in [0.25, 0.3) is 5.91 Å². The fraction of sp³-hybridized carbons (Fsp3) is 0.312. The zero-order valence-corrected chi connectivity index (χ0v) is 23.0. The standard InChI is InChI=1S/C32H36N4O3/c1-4-18-36(24-14-16-25(17-15-24)39-5-2)32(37)28-23-33-31(27-11-7-6-10-26(27)28)35-21-19-34(20-22-35)29-12-8-9-13-30(29)38-3/h6-17,23H,4-5,18-22H2,1-3H3. The van der Waals surface area contributed by atoms with Gasteiger partial charge in [0, 0.05) is 50.0 Å². The molecule has 0 aliphatic carbocycles. The molecule has 3 aromatic carbocycles. The van der Waals surface area contributed by atoms with Crippen LogP contribution in [-0.4, -0.2) is 57.3 Å². The first-order valence-corrected chi connectivity index (χ1v) is 13.7. The van der Waals surface area contributed by atoms with E-state index in [9.17, 15) is 4.79 Å². The molecule has 1 fully saturated rings. The molecular weight excluding hydrogens is 488 g/mol. The molecule has 7 heteroatoms. The molecule has 7 nitrogen and oxygen atoms in total. The van der Waals surface area contributed by atoms with E-state index in [-0.39, 0.29) is 5.91 Å². The summed E-state index contributed by atoms with van der Waals surface area (Å²) in [5, 5.41) is 1.92. The summed E-state index contributed by atoms with van der Waals surface area (Å²) >= 11 is 0. The third kappa shape index (κ3) is 5.48. The molecule has 1 aliphatic rings. The predicted molar refractivity (Wildman–Crippen MR) is 159 cm³/mol. The topological polar surface area (TPSA) is 58.1 Å². The zero-order chi connectivity index (χ0) is 27.2. The van der Waals surface area contributed by atoms with Crippen molar-refractivity contribution in [2.45, 2.75) is 20.3 Å². The molecule has 0 radical (unpaired) electrons. The smallest absolute Gasteiger partial charge is 0.260 e. The SMILES string of the molecule is CCCN(C(=O)c1cnc(N2CCN(c3ccccc3OC)CC2)c2ccccc12)c1ccc(OCC)cc1. The van der Waals surface area contributed by atoms with E-state index < -0.39 is 0 Å². The molecule has 0 saturated carbocycles. The van der Waals surface area contributed by atoms with Crippen LogP contribution in [-0.2, 0) is 0 Å². The van der Waals surface area contributed by atoms with Crippen molar-refractivity contribution >= 4 is 33.9 Å². The molecule has 0 N–H and O–H groups in total. The highest BCUT2D eigenvalue weighted by molar-refractivity contribution is 6.15. The number of carbonyl (C=O) groups is 1. The maximum Gasteiger partial charge on any atom is 0.260 e. The van der Waals surface area contributed by atoms with E-state index in [0.29, 0.717) is 18.7 Å². The number of aromatic nitrogens is 1. The third-order valence-electron chi connectivity index (χ3n) is 7.16. The maximum absolute atomic E-state index is 13.9. The number of hydrogen-bond donors (Lipinski definition) is 0. The van der Waals surface area contributed by atoms with E-state index in [4.69, 9.17) is 14.5 Å². The molecule has 39 heavy (non-hydrogen) atoms. The van der Waals surface area contributed by atoms with Gasteiger partial charge >= 0.3 is 0 Å². The van der Waals surface area contributed by atoms with Crippen LogP contribution in [0.5, 0.6) is 11.5 Å². The van der Waals surface area contributed by atoms with Crippen LogP contribution in [0.3, 0.4) is 0 Å². The van der Waals surface area contributed by atoms with Crippen molar-refractivity contribution in [3.05, 3.63) is 84.6 Å². The molecule has 0 unspecified atom stereocenters. The Balaban J connectivity index is 1.41. The minimum absolute atomic E-state index is 0.0442. The summed E-state index contributed by atoms with van der Waals surface area (Å²) in [6.45, 7) is 8.65. The van der Waals surface area contributed by atoms with Crippen LogP contribution in [0.4, 0.5) is 17.2 Å². The minimum Gasteiger partial charge on any atom is -0.495 e. The monoisotopic (exact) mass is 524 g/mol. The second kappa shape index (κ2) is 12.1. The van der Waals surface area contributed by atoms with Crippen molar-refractivity contribution in [1.82, 2.24) is 4.98 Å². The summed E-state index contributed by atoms with van der Waals surface area (Å²) in [6.07, 6.45) is 2.60. The third-order valence-corrected chi connectivity index (χ3v) is 7.16. The van der Waals surface area contributed by atoms with Crippen molar-refractivity contribution in [2.24, 2.45) is 0 Å². The van der Waals surface area contributed by atoms with E-state index in [2.05, 4.69) is 28.9 Å². The molecule has 1 saturated heterocycles. The van der Waals surface area contributed by atoms with Gasteiger partial charge in [-0.3, -0.25) is 4.79 Å². The first-order valence-electron chi connectivity index (χ1n) is 13.7. The van der Waals surface area contributed by atoms with Gasteiger partial charge in [-0.2, -0.15) is 0 Å². The van der Waals surface area contributed by atoms with Gasteiger partial charge in [0.1, 0.15) is 17.3 Å². The summed E-state index contributed by atoms with van der Waals surface area (Å²) in [7, 11) is 1.71. The van der Waals surface area contributed by atoms with E-state index in [1.54, 1.807) is 13.3 Å². The number of methoxy groups -OCH3 is 1. The fourth-order valence-electron chi connectivity index (χ4n) is 5.26. The molecular formula is C32H36N4O3. The molecule has 1 amide bonds. The van der Waals surface area contributed by atoms with E-state index >= 15 is 0 Å². The number of benzene rings is 3. The lowest BCUT2D eigenvalue weighted by Gasteiger charge is -2.37. The summed E-state index contributed by atoms with van der Waals surface area (Å²) < 4.78 is 11.2. The summed E-state index contributed by atoms with van der Waals surface area (Å²) in [6, 6.07) is 24.0. The largest absolute Gasteiger partial charge is 0.495 e. The van der Waals surface area contributed by atoms with Crippen LogP contribution in [0.25, 0.3) is 10.8 Å². The number of ether oxygens (including phenoxy) is 2. The van der Waals surface area contributed by atoms with E-state index in [0.717, 1.165) is 72.1 Å². The quantitative estimate of drug-likeness (QED) is 0.267. The molecule has 0 spiro atoms. The lowest BCUT2D eigenvalue weighted by Crippen LogP contribution is -2.47. The molecule has 5 rings (SSSR count). The number of para-hydroxylation sites is 2. The lowest BCUT2D eigenvalue weighted by molar-refractivity contribution is 0.0988. The Labute approximate surface area is 230 Å². The second-order valence-electron chi connectivity index (χ2n) is 9.57. The van der Waals surface area contributed by atoms with Gasteiger partial charge < -0.3 is 24.2 Å². The first kappa shape index (κ1) is 26.4. The normalized spacial score (nSPS) is 13.4. The van der Waals surface area contributed by atoms with Crippen LogP contribution in [0.1, 0.15) is 30.6 Å². The van der Waals surface area contributed by atoms with Crippen molar-refractivity contribution < 1.29 is 14.3 Å². The van der Waals surface area contributed by atoms with Crippen LogP contribution in [0, 0.1) is 0 Å². The van der Waals surface area contributed by atoms with Gasteiger partial charge in [0.05, 0.1) is 25.0 Å². The Morgan fingerprint density at radius 2 is 1.54 bits per heavy atom. The number of anilines is 3. The first-order chi connectivity index (χ1) is 19.1. The molecule has 202 valence electrons. The van der Waals surface area contributed by atoms with Crippen LogP contribution >= 0.6 is 0 Å². The molecule has 1 aromatic heterocycles. The molecule has 2 heterocycles. The molecule has 4 aromatic rings. The maximum atomic E-state index is 13.9. The summed E-state index contributed by atoms with van der Waals surface area (Å²) in [4.78, 5) is 25.3. The highest BCUT2D eigenvalue weighted by Gasteiger charge is 2.25. The number of fused-ring (bicyclic) bond motifs is 1. The van der Waals surface area contributed by atoms with Crippen molar-refractivity contribution in [3.63, 3.8) is 0 Å². The number of nitrogens with zero attached hydrogens (tertiary/aromatic N) is 4. The van der Waals surface area contributed by atoms with Gasteiger partial charge in [0.2, 0.25) is 0 Å². The van der Waals surface area contributed by atoms with Crippen molar-refractivity contribution in [2.75, 3.05) is 61.1 Å². The number of hydrogen-bond acceptors (Lipinski definition) is 6. The van der Waals surface area contributed by atoms with Crippen molar-refractivity contribution in [1.29, 1.82) is 0 Å². The average molecular weight is 525 g/mol. The number of rotatable bonds is 9. The van der Waals surface area contributed by atoms with Crippen molar-refractivity contribution in [3.8, 4) is 11.5 Å². The van der Waals surface area contributed by atoms with Crippen LogP contribution in [0.2, 0.25) is 0 Å². The van der Waals surface area contributed by atoms with E-state index in [1.807, 2.05) is 72.5 Å². The second-order valence-corrected chi connectivity index (χ2v) is 9.57. The molecule has 0 bridgehead atoms. The number of amides is 1. The van der Waals surface area contributed by atoms with Crippen LogP contribution in [0.15, 0.2) is 79.0 Å². The zero-order valence-electron chi connectivity index (χ0n) is 23.0.